The average Bonchev–Trinajstić information content (AvgIpc) is 2.68. The van der Waals surface area contributed by atoms with Crippen LogP contribution in [-0.4, -0.2) is 34.4 Å². The second-order valence-corrected chi connectivity index (χ2v) is 11.3. The lowest BCUT2D eigenvalue weighted by Crippen LogP contribution is -2.36. The minimum absolute atomic E-state index is 0.00436. The Morgan fingerprint density at radius 2 is 1.79 bits per heavy atom. The lowest BCUT2D eigenvalue weighted by molar-refractivity contribution is -0.160. The first-order chi connectivity index (χ1) is 15.7. The van der Waals surface area contributed by atoms with Crippen molar-refractivity contribution in [3.8, 4) is 11.1 Å². The first-order valence-corrected chi connectivity index (χ1v) is 12.1. The van der Waals surface area contributed by atoms with Crippen LogP contribution in [0.1, 0.15) is 72.1 Å². The highest BCUT2D eigenvalue weighted by atomic mass is 35.5. The molecule has 0 bridgehead atoms. The highest BCUT2D eigenvalue weighted by Gasteiger charge is 2.29. The largest absolute Gasteiger partial charge is 0.458 e. The van der Waals surface area contributed by atoms with E-state index in [1.807, 2.05) is 66.7 Å². The lowest BCUT2D eigenvalue weighted by atomic mass is 9.92. The maximum absolute atomic E-state index is 13.4. The number of ether oxygens (including phenoxy) is 3. The highest BCUT2D eigenvalue weighted by molar-refractivity contribution is 6.30. The minimum Gasteiger partial charge on any atom is -0.458 e. The molecule has 2 aromatic rings. The predicted octanol–water partition coefficient (Wildman–Crippen LogP) is 5.72. The fourth-order valence-electron chi connectivity index (χ4n) is 4.00. The van der Waals surface area contributed by atoms with Gasteiger partial charge >= 0.3 is 5.97 Å². The molecule has 3 rings (SSSR count). The number of esters is 1. The van der Waals surface area contributed by atoms with Crippen LogP contribution in [0.3, 0.4) is 0 Å². The molecule has 0 amide bonds. The van der Waals surface area contributed by atoms with Crippen LogP contribution in [0.4, 0.5) is 0 Å². The third-order valence-electron chi connectivity index (χ3n) is 5.50. The van der Waals surface area contributed by atoms with E-state index in [-0.39, 0.29) is 17.3 Å². The van der Waals surface area contributed by atoms with Gasteiger partial charge in [0.25, 0.3) is 5.56 Å². The Morgan fingerprint density at radius 3 is 2.44 bits per heavy atom. The number of rotatable bonds is 5. The van der Waals surface area contributed by atoms with E-state index in [4.69, 9.17) is 25.8 Å². The lowest BCUT2D eigenvalue weighted by Gasteiger charge is -2.28. The van der Waals surface area contributed by atoms with Crippen LogP contribution in [-0.2, 0) is 32.0 Å². The van der Waals surface area contributed by atoms with Gasteiger partial charge in [-0.2, -0.15) is 0 Å². The van der Waals surface area contributed by atoms with E-state index in [2.05, 4.69) is 0 Å². The molecule has 0 spiro atoms. The number of nitrogens with zero attached hydrogens (tertiary/aromatic N) is 1. The van der Waals surface area contributed by atoms with Crippen LogP contribution >= 0.6 is 11.6 Å². The topological polar surface area (TPSA) is 66.8 Å². The van der Waals surface area contributed by atoms with Crippen molar-refractivity contribution in [1.82, 2.24) is 4.57 Å². The van der Waals surface area contributed by atoms with Crippen molar-refractivity contribution in [3.05, 3.63) is 57.0 Å². The summed E-state index contributed by atoms with van der Waals surface area (Å²) in [6, 6.07) is 6.47. The van der Waals surface area contributed by atoms with Gasteiger partial charge in [-0.05, 0) is 83.7 Å². The quantitative estimate of drug-likeness (QED) is 0.502. The number of hydrogen-bond acceptors (Lipinski definition) is 5. The van der Waals surface area contributed by atoms with Crippen molar-refractivity contribution >= 4 is 17.6 Å². The van der Waals surface area contributed by atoms with Crippen molar-refractivity contribution in [3.63, 3.8) is 0 Å². The first kappa shape index (κ1) is 26.5. The second kappa shape index (κ2) is 10.2. The molecule has 0 aliphatic carbocycles. The molecule has 1 aliphatic heterocycles. The van der Waals surface area contributed by atoms with Gasteiger partial charge in [0.1, 0.15) is 11.6 Å². The van der Waals surface area contributed by atoms with Gasteiger partial charge in [-0.3, -0.25) is 4.79 Å². The molecule has 1 aliphatic rings. The summed E-state index contributed by atoms with van der Waals surface area (Å²) < 4.78 is 19.0. The summed E-state index contributed by atoms with van der Waals surface area (Å²) >= 11 is 6.30. The molecular weight excluding hydrogens is 454 g/mol. The van der Waals surface area contributed by atoms with Gasteiger partial charge in [0, 0.05) is 35.9 Å². The zero-order chi connectivity index (χ0) is 25.3. The number of pyridine rings is 1. The van der Waals surface area contributed by atoms with Gasteiger partial charge in [-0.15, -0.1) is 0 Å². The smallest absolute Gasteiger partial charge is 0.329 e. The molecule has 0 radical (unpaired) electrons. The molecule has 186 valence electrons. The molecule has 7 heteroatoms. The van der Waals surface area contributed by atoms with Gasteiger partial charge in [-0.25, -0.2) is 4.79 Å². The number of halogens is 1. The standard InChI is InChI=1S/C27H36ClNO5/c1-17-12-18-8-9-20(28)13-21(18)22-14-24(30)29(15-19(22)16-32-17)23(10-11-33-26(2,3)4)25(31)34-27(5,6)7/h8-9,13-15,17,23H,10-12,16H2,1-7H3. The molecule has 0 saturated carbocycles. The normalized spacial score (nSPS) is 17.2. The number of benzene rings is 1. The monoisotopic (exact) mass is 489 g/mol. The number of fused-ring (bicyclic) bond motifs is 3. The maximum Gasteiger partial charge on any atom is 0.329 e. The molecule has 0 fully saturated rings. The summed E-state index contributed by atoms with van der Waals surface area (Å²) in [5.74, 6) is -0.462. The molecule has 34 heavy (non-hydrogen) atoms. The molecule has 2 atom stereocenters. The summed E-state index contributed by atoms with van der Waals surface area (Å²) in [4.78, 5) is 26.5. The van der Waals surface area contributed by atoms with Crippen molar-refractivity contribution in [2.24, 2.45) is 0 Å². The highest BCUT2D eigenvalue weighted by Crippen LogP contribution is 2.33. The van der Waals surface area contributed by atoms with E-state index in [1.54, 1.807) is 12.3 Å². The maximum atomic E-state index is 13.4. The van der Waals surface area contributed by atoms with E-state index in [0.29, 0.717) is 24.7 Å². The second-order valence-electron chi connectivity index (χ2n) is 10.9. The Bertz CT molecular complexity index is 1090. The fraction of sp³-hybridized carbons (Fsp3) is 0.556. The van der Waals surface area contributed by atoms with E-state index in [0.717, 1.165) is 28.7 Å². The molecule has 2 unspecified atom stereocenters. The van der Waals surface area contributed by atoms with Crippen LogP contribution in [0.15, 0.2) is 35.3 Å². The zero-order valence-corrected chi connectivity index (χ0v) is 22.0. The van der Waals surface area contributed by atoms with Gasteiger partial charge in [0.2, 0.25) is 0 Å². The van der Waals surface area contributed by atoms with E-state index in [9.17, 15) is 9.59 Å². The summed E-state index contributed by atoms with van der Waals surface area (Å²) in [6.07, 6.45) is 2.76. The summed E-state index contributed by atoms with van der Waals surface area (Å²) in [5, 5.41) is 0.606. The molecule has 1 aromatic carbocycles. The van der Waals surface area contributed by atoms with Crippen LogP contribution < -0.4 is 5.56 Å². The van der Waals surface area contributed by atoms with Crippen LogP contribution in [0.2, 0.25) is 5.02 Å². The van der Waals surface area contributed by atoms with Gasteiger partial charge in [-0.1, -0.05) is 17.7 Å². The third-order valence-corrected chi connectivity index (χ3v) is 5.73. The van der Waals surface area contributed by atoms with Crippen molar-refractivity contribution in [1.29, 1.82) is 0 Å². The Morgan fingerprint density at radius 1 is 1.12 bits per heavy atom. The molecule has 1 aromatic heterocycles. The molecule has 2 heterocycles. The molecular formula is C27H36ClNO5. The van der Waals surface area contributed by atoms with Crippen LogP contribution in [0.5, 0.6) is 0 Å². The molecule has 6 nitrogen and oxygen atoms in total. The van der Waals surface area contributed by atoms with E-state index < -0.39 is 17.6 Å². The van der Waals surface area contributed by atoms with Gasteiger partial charge in [0.15, 0.2) is 0 Å². The SMILES string of the molecule is CC1Cc2ccc(Cl)cc2-c2cc(=O)n(C(CCOC(C)(C)C)C(=O)OC(C)(C)C)cc2CO1. The number of carbonyl (C=O) groups is 1. The van der Waals surface area contributed by atoms with Gasteiger partial charge in [0.05, 0.1) is 18.3 Å². The first-order valence-electron chi connectivity index (χ1n) is 11.8. The predicted molar refractivity (Wildman–Crippen MR) is 134 cm³/mol. The fourth-order valence-corrected chi connectivity index (χ4v) is 4.17. The summed E-state index contributed by atoms with van der Waals surface area (Å²) in [6.45, 7) is 13.9. The number of hydrogen-bond donors (Lipinski definition) is 0. The summed E-state index contributed by atoms with van der Waals surface area (Å²) in [5.41, 5.74) is 2.26. The Kier molecular flexibility index (Phi) is 7.96. The van der Waals surface area contributed by atoms with E-state index in [1.165, 1.54) is 4.57 Å². The molecule has 0 N–H and O–H groups in total. The zero-order valence-electron chi connectivity index (χ0n) is 21.2. The van der Waals surface area contributed by atoms with Gasteiger partial charge < -0.3 is 18.8 Å². The number of aromatic nitrogens is 1. The molecule has 0 saturated heterocycles. The summed E-state index contributed by atoms with van der Waals surface area (Å²) in [7, 11) is 0. The Labute approximate surface area is 207 Å². The van der Waals surface area contributed by atoms with Crippen molar-refractivity contribution in [2.75, 3.05) is 6.61 Å². The Balaban J connectivity index is 2.07. The number of carbonyl (C=O) groups excluding carboxylic acids is 1. The van der Waals surface area contributed by atoms with Crippen molar-refractivity contribution < 1.29 is 19.0 Å². The van der Waals surface area contributed by atoms with Crippen molar-refractivity contribution in [2.45, 2.75) is 91.3 Å². The minimum atomic E-state index is -0.818. The van der Waals surface area contributed by atoms with Crippen LogP contribution in [0.25, 0.3) is 11.1 Å². The van der Waals surface area contributed by atoms with E-state index >= 15 is 0 Å². The average molecular weight is 490 g/mol. The Hall–Kier alpha value is -2.15. The van der Waals surface area contributed by atoms with Crippen LogP contribution in [0, 0.1) is 0 Å². The third kappa shape index (κ3) is 6.94.